The van der Waals surface area contributed by atoms with Gasteiger partial charge in [0.2, 0.25) is 0 Å². The molecule has 130 valence electrons. The molecule has 2 aliphatic rings. The van der Waals surface area contributed by atoms with Crippen LogP contribution in [-0.2, 0) is 4.74 Å². The van der Waals surface area contributed by atoms with Gasteiger partial charge in [-0.15, -0.1) is 0 Å². The average molecular weight is 329 g/mol. The molecule has 2 aliphatic heterocycles. The molecule has 1 fully saturated rings. The Kier molecular flexibility index (Phi) is 4.33. The van der Waals surface area contributed by atoms with Crippen molar-refractivity contribution >= 4 is 11.7 Å². The van der Waals surface area contributed by atoms with Crippen molar-refractivity contribution in [3.8, 4) is 5.75 Å². The van der Waals surface area contributed by atoms with E-state index < -0.39 is 5.60 Å². The fraction of sp³-hybridized carbons (Fsp3) is 0.550. The van der Waals surface area contributed by atoms with E-state index in [-0.39, 0.29) is 18.2 Å². The zero-order valence-electron chi connectivity index (χ0n) is 15.3. The number of hydrogen-bond acceptors (Lipinski definition) is 3. The Bertz CT molecular complexity index is 672. The van der Waals surface area contributed by atoms with Crippen LogP contribution in [0.2, 0.25) is 0 Å². The highest BCUT2D eigenvalue weighted by molar-refractivity contribution is 5.75. The van der Waals surface area contributed by atoms with Gasteiger partial charge in [0.25, 0.3) is 0 Å². The molecule has 4 nitrogen and oxygen atoms in total. The summed E-state index contributed by atoms with van der Waals surface area (Å²) in [6.45, 7) is 7.81. The van der Waals surface area contributed by atoms with Crippen molar-refractivity contribution in [3.05, 3.63) is 35.4 Å². The molecule has 1 amide bonds. The fourth-order valence-electron chi connectivity index (χ4n) is 3.72. The first-order chi connectivity index (χ1) is 11.3. The molecular formula is C20H27NO3. The van der Waals surface area contributed by atoms with Crippen LogP contribution in [0.25, 0.3) is 5.57 Å². The highest BCUT2D eigenvalue weighted by atomic mass is 16.6. The van der Waals surface area contributed by atoms with Crippen molar-refractivity contribution < 1.29 is 14.3 Å². The van der Waals surface area contributed by atoms with Gasteiger partial charge in [-0.3, -0.25) is 4.90 Å². The number of carbonyl (C=O) groups is 1. The molecule has 1 saturated heterocycles. The Morgan fingerprint density at radius 3 is 2.58 bits per heavy atom. The van der Waals surface area contributed by atoms with Crippen LogP contribution in [0.4, 0.5) is 4.79 Å². The standard InChI is InChI=1S/C20H27NO3/c1-13-10-14(6-9-18(13)23-5)15-11-16-7-8-17(12-15)21(16)19(22)24-20(2,3)4/h6,9-11,16-17H,7-8,12H2,1-5H3. The Labute approximate surface area is 144 Å². The van der Waals surface area contributed by atoms with Gasteiger partial charge in [-0.25, -0.2) is 4.79 Å². The van der Waals surface area contributed by atoms with Crippen LogP contribution >= 0.6 is 0 Å². The molecular weight excluding hydrogens is 302 g/mol. The molecule has 2 unspecified atom stereocenters. The van der Waals surface area contributed by atoms with Gasteiger partial charge in [0, 0.05) is 6.04 Å². The fourth-order valence-corrected chi connectivity index (χ4v) is 3.72. The summed E-state index contributed by atoms with van der Waals surface area (Å²) < 4.78 is 10.9. The number of benzene rings is 1. The summed E-state index contributed by atoms with van der Waals surface area (Å²) in [7, 11) is 1.70. The molecule has 24 heavy (non-hydrogen) atoms. The quantitative estimate of drug-likeness (QED) is 0.798. The lowest BCUT2D eigenvalue weighted by Crippen LogP contribution is -2.45. The minimum absolute atomic E-state index is 0.149. The number of rotatable bonds is 2. The van der Waals surface area contributed by atoms with Gasteiger partial charge < -0.3 is 9.47 Å². The van der Waals surface area contributed by atoms with Crippen LogP contribution in [0.5, 0.6) is 5.75 Å². The predicted molar refractivity (Wildman–Crippen MR) is 95.2 cm³/mol. The van der Waals surface area contributed by atoms with E-state index in [1.165, 1.54) is 11.1 Å². The van der Waals surface area contributed by atoms with Crippen LogP contribution in [-0.4, -0.2) is 35.8 Å². The summed E-state index contributed by atoms with van der Waals surface area (Å²) in [5, 5.41) is 0. The number of aryl methyl sites for hydroxylation is 1. The van der Waals surface area contributed by atoms with Crippen LogP contribution in [0.15, 0.2) is 24.3 Å². The Morgan fingerprint density at radius 1 is 1.25 bits per heavy atom. The molecule has 1 aromatic carbocycles. The molecule has 2 heterocycles. The molecule has 1 aromatic rings. The third-order valence-electron chi connectivity index (χ3n) is 4.77. The van der Waals surface area contributed by atoms with Gasteiger partial charge in [-0.2, -0.15) is 0 Å². The second kappa shape index (κ2) is 6.15. The first kappa shape index (κ1) is 16.9. The zero-order valence-corrected chi connectivity index (χ0v) is 15.3. The lowest BCUT2D eigenvalue weighted by atomic mass is 9.94. The zero-order chi connectivity index (χ0) is 17.5. The average Bonchev–Trinajstić information content (AvgIpc) is 2.76. The monoisotopic (exact) mass is 329 g/mol. The number of nitrogens with zero attached hydrogens (tertiary/aromatic N) is 1. The van der Waals surface area contributed by atoms with Gasteiger partial charge in [0.15, 0.2) is 0 Å². The second-order valence-electron chi connectivity index (χ2n) is 7.77. The van der Waals surface area contributed by atoms with Gasteiger partial charge in [0.1, 0.15) is 11.4 Å². The van der Waals surface area contributed by atoms with Crippen molar-refractivity contribution in [3.63, 3.8) is 0 Å². The molecule has 2 atom stereocenters. The summed E-state index contributed by atoms with van der Waals surface area (Å²) in [5.41, 5.74) is 3.24. The van der Waals surface area contributed by atoms with Gasteiger partial charge in [-0.05, 0) is 75.8 Å². The van der Waals surface area contributed by atoms with Crippen LogP contribution < -0.4 is 4.74 Å². The molecule has 0 spiro atoms. The number of hydrogen-bond donors (Lipinski definition) is 0. The summed E-state index contributed by atoms with van der Waals surface area (Å²) in [6.07, 6.45) is 5.01. The summed E-state index contributed by atoms with van der Waals surface area (Å²) in [5.74, 6) is 0.911. The van der Waals surface area contributed by atoms with Crippen molar-refractivity contribution in [2.75, 3.05) is 7.11 Å². The third kappa shape index (κ3) is 3.28. The topological polar surface area (TPSA) is 38.8 Å². The van der Waals surface area contributed by atoms with Gasteiger partial charge >= 0.3 is 6.09 Å². The van der Waals surface area contributed by atoms with Crippen molar-refractivity contribution in [1.82, 2.24) is 4.90 Å². The highest BCUT2D eigenvalue weighted by Crippen LogP contribution is 2.40. The molecule has 3 rings (SSSR count). The van der Waals surface area contributed by atoms with Gasteiger partial charge in [0.05, 0.1) is 13.2 Å². The normalized spacial score (nSPS) is 23.0. The molecule has 0 saturated carbocycles. The van der Waals surface area contributed by atoms with Crippen molar-refractivity contribution in [1.29, 1.82) is 0 Å². The Balaban J connectivity index is 1.82. The summed E-state index contributed by atoms with van der Waals surface area (Å²) in [4.78, 5) is 14.4. The first-order valence-electron chi connectivity index (χ1n) is 8.65. The highest BCUT2D eigenvalue weighted by Gasteiger charge is 2.41. The second-order valence-corrected chi connectivity index (χ2v) is 7.77. The molecule has 0 aromatic heterocycles. The van der Waals surface area contributed by atoms with E-state index in [1.54, 1.807) is 7.11 Å². The lowest BCUT2D eigenvalue weighted by molar-refractivity contribution is 0.0175. The smallest absolute Gasteiger partial charge is 0.411 e. The molecule has 2 bridgehead atoms. The van der Waals surface area contributed by atoms with E-state index in [2.05, 4.69) is 25.1 Å². The van der Waals surface area contributed by atoms with E-state index in [0.717, 1.165) is 30.6 Å². The third-order valence-corrected chi connectivity index (χ3v) is 4.77. The van der Waals surface area contributed by atoms with Crippen molar-refractivity contribution in [2.45, 2.75) is 64.6 Å². The number of fused-ring (bicyclic) bond motifs is 2. The first-order valence-corrected chi connectivity index (χ1v) is 8.65. The van der Waals surface area contributed by atoms with Crippen molar-refractivity contribution in [2.24, 2.45) is 0 Å². The molecule has 4 heteroatoms. The van der Waals surface area contributed by atoms with E-state index in [4.69, 9.17) is 9.47 Å². The maximum atomic E-state index is 12.5. The van der Waals surface area contributed by atoms with E-state index in [0.29, 0.717) is 0 Å². The minimum atomic E-state index is -0.451. The molecule has 0 aliphatic carbocycles. The number of carbonyl (C=O) groups excluding carboxylic acids is 1. The number of ether oxygens (including phenoxy) is 2. The minimum Gasteiger partial charge on any atom is -0.496 e. The summed E-state index contributed by atoms with van der Waals surface area (Å²) >= 11 is 0. The maximum Gasteiger partial charge on any atom is 0.411 e. The summed E-state index contributed by atoms with van der Waals surface area (Å²) in [6, 6.07) is 6.70. The van der Waals surface area contributed by atoms with Crippen LogP contribution in [0, 0.1) is 6.92 Å². The molecule has 0 radical (unpaired) electrons. The SMILES string of the molecule is COc1ccc(C2=CC3CCC(C2)N3C(=O)OC(C)(C)C)cc1C. The Hall–Kier alpha value is -1.97. The van der Waals surface area contributed by atoms with E-state index in [1.807, 2.05) is 31.7 Å². The van der Waals surface area contributed by atoms with E-state index in [9.17, 15) is 4.79 Å². The maximum absolute atomic E-state index is 12.5. The lowest BCUT2D eigenvalue weighted by Gasteiger charge is -2.35. The van der Waals surface area contributed by atoms with Crippen LogP contribution in [0.3, 0.4) is 0 Å². The largest absolute Gasteiger partial charge is 0.496 e. The van der Waals surface area contributed by atoms with Gasteiger partial charge in [-0.1, -0.05) is 12.1 Å². The van der Waals surface area contributed by atoms with E-state index >= 15 is 0 Å². The predicted octanol–water partition coefficient (Wildman–Crippen LogP) is 4.56. The Morgan fingerprint density at radius 2 is 2.00 bits per heavy atom. The number of amides is 1. The van der Waals surface area contributed by atoms with Crippen LogP contribution in [0.1, 0.15) is 51.2 Å². The number of methoxy groups -OCH3 is 1. The molecule has 0 N–H and O–H groups in total.